The lowest BCUT2D eigenvalue weighted by Gasteiger charge is -2.26. The van der Waals surface area contributed by atoms with Crippen LogP contribution in [-0.2, 0) is 16.1 Å². The van der Waals surface area contributed by atoms with Crippen LogP contribution in [0.1, 0.15) is 22.3 Å². The lowest BCUT2D eigenvalue weighted by Crippen LogP contribution is -2.51. The van der Waals surface area contributed by atoms with Gasteiger partial charge in [-0.2, -0.15) is 0 Å². The molecule has 2 aromatic carbocycles. The first kappa shape index (κ1) is 23.4. The summed E-state index contributed by atoms with van der Waals surface area (Å²) in [5.41, 5.74) is 1.19. The van der Waals surface area contributed by atoms with E-state index < -0.39 is 30.6 Å². The molecule has 1 saturated heterocycles. The number of nitrogens with zero attached hydrogens (tertiary/aromatic N) is 2. The molecule has 4 rings (SSSR count). The normalized spacial score (nSPS) is 15.9. The Labute approximate surface area is 197 Å². The van der Waals surface area contributed by atoms with E-state index in [1.165, 1.54) is 6.07 Å². The minimum Gasteiger partial charge on any atom is -0.454 e. The molecule has 2 aliphatic rings. The molecule has 0 unspecified atom stereocenters. The fraction of sp³-hybridized carbons (Fsp3) is 0.375. The molecule has 0 aromatic heterocycles. The van der Waals surface area contributed by atoms with Crippen molar-refractivity contribution in [3.8, 4) is 11.5 Å². The number of carbonyl (C=O) groups excluding carboxylic acids is 3. The summed E-state index contributed by atoms with van der Waals surface area (Å²) in [5, 5.41) is 12.4. The molecule has 1 atom stereocenters. The van der Waals surface area contributed by atoms with Gasteiger partial charge in [-0.15, -0.1) is 0 Å². The standard InChI is InChI=1S/C24H27N3O7/c28-14-19(25-22(29)18-7-8-20-21(13-18)34-16-33-20)23(30)26-9-4-10-27(12-11-26)24(31)32-15-17-5-2-1-3-6-17/h1-3,5-8,13,19,28H,4,9-12,14-16H2,(H,25,29)/t19-/m0/s1. The maximum absolute atomic E-state index is 13.0. The minimum absolute atomic E-state index is 0.0872. The summed E-state index contributed by atoms with van der Waals surface area (Å²) < 4.78 is 15.9. The summed E-state index contributed by atoms with van der Waals surface area (Å²) in [4.78, 5) is 41.2. The highest BCUT2D eigenvalue weighted by Crippen LogP contribution is 2.32. The van der Waals surface area contributed by atoms with E-state index in [-0.39, 0.29) is 19.9 Å². The molecule has 0 bridgehead atoms. The third-order valence-electron chi connectivity index (χ3n) is 5.69. The van der Waals surface area contributed by atoms with Gasteiger partial charge in [0, 0.05) is 31.7 Å². The van der Waals surface area contributed by atoms with Crippen LogP contribution in [0, 0.1) is 0 Å². The highest BCUT2D eigenvalue weighted by Gasteiger charge is 2.29. The summed E-state index contributed by atoms with van der Waals surface area (Å²) in [6.45, 7) is 1.14. The summed E-state index contributed by atoms with van der Waals surface area (Å²) in [6, 6.07) is 13.0. The van der Waals surface area contributed by atoms with E-state index in [4.69, 9.17) is 14.2 Å². The first-order valence-corrected chi connectivity index (χ1v) is 11.1. The molecule has 2 aliphatic heterocycles. The van der Waals surface area contributed by atoms with Gasteiger partial charge >= 0.3 is 6.09 Å². The highest BCUT2D eigenvalue weighted by atomic mass is 16.7. The Morgan fingerprint density at radius 1 is 0.971 bits per heavy atom. The predicted octanol–water partition coefficient (Wildman–Crippen LogP) is 1.38. The van der Waals surface area contributed by atoms with Gasteiger partial charge in [0.25, 0.3) is 5.91 Å². The van der Waals surface area contributed by atoms with Gasteiger partial charge in [-0.1, -0.05) is 30.3 Å². The van der Waals surface area contributed by atoms with Crippen molar-refractivity contribution in [1.82, 2.24) is 15.1 Å². The maximum atomic E-state index is 13.0. The van der Waals surface area contributed by atoms with Crippen LogP contribution in [0.4, 0.5) is 4.79 Å². The number of rotatable bonds is 6. The van der Waals surface area contributed by atoms with Gasteiger partial charge in [0.05, 0.1) is 6.61 Å². The van der Waals surface area contributed by atoms with Gasteiger partial charge in [0.1, 0.15) is 12.6 Å². The van der Waals surface area contributed by atoms with E-state index in [9.17, 15) is 19.5 Å². The average Bonchev–Trinajstić information content (AvgIpc) is 3.20. The summed E-state index contributed by atoms with van der Waals surface area (Å²) in [5.74, 6) is 0.0803. The molecule has 1 fully saturated rings. The van der Waals surface area contributed by atoms with E-state index in [1.807, 2.05) is 30.3 Å². The van der Waals surface area contributed by atoms with E-state index >= 15 is 0 Å². The molecule has 0 spiro atoms. The second-order valence-corrected chi connectivity index (χ2v) is 7.98. The Balaban J connectivity index is 1.30. The van der Waals surface area contributed by atoms with Crippen LogP contribution in [0.3, 0.4) is 0 Å². The van der Waals surface area contributed by atoms with Crippen LogP contribution in [0.2, 0.25) is 0 Å². The van der Waals surface area contributed by atoms with Gasteiger partial charge in [-0.3, -0.25) is 9.59 Å². The Bertz CT molecular complexity index is 1030. The third kappa shape index (κ3) is 5.57. The first-order chi connectivity index (χ1) is 16.5. The van der Waals surface area contributed by atoms with Crippen molar-refractivity contribution in [2.75, 3.05) is 39.6 Å². The number of hydrogen-bond donors (Lipinski definition) is 2. The predicted molar refractivity (Wildman–Crippen MR) is 120 cm³/mol. The Kier molecular flexibility index (Phi) is 7.48. The molecule has 2 heterocycles. The summed E-state index contributed by atoms with van der Waals surface area (Å²) in [6.07, 6.45) is 0.119. The molecule has 10 heteroatoms. The number of amides is 3. The van der Waals surface area contributed by atoms with Crippen molar-refractivity contribution in [2.24, 2.45) is 0 Å². The van der Waals surface area contributed by atoms with Crippen molar-refractivity contribution in [3.63, 3.8) is 0 Å². The van der Waals surface area contributed by atoms with E-state index in [2.05, 4.69) is 5.32 Å². The average molecular weight is 469 g/mol. The lowest BCUT2D eigenvalue weighted by atomic mass is 10.1. The number of carbonyl (C=O) groups is 3. The van der Waals surface area contributed by atoms with Crippen LogP contribution in [0.25, 0.3) is 0 Å². The zero-order valence-corrected chi connectivity index (χ0v) is 18.6. The smallest absolute Gasteiger partial charge is 0.410 e. The number of fused-ring (bicyclic) bond motifs is 1. The van der Waals surface area contributed by atoms with E-state index in [0.29, 0.717) is 43.1 Å². The third-order valence-corrected chi connectivity index (χ3v) is 5.69. The zero-order chi connectivity index (χ0) is 23.9. The van der Waals surface area contributed by atoms with Crippen molar-refractivity contribution in [3.05, 3.63) is 59.7 Å². The lowest BCUT2D eigenvalue weighted by molar-refractivity contribution is -0.134. The van der Waals surface area contributed by atoms with Crippen LogP contribution in [0.5, 0.6) is 11.5 Å². The molecule has 180 valence electrons. The number of ether oxygens (including phenoxy) is 3. The minimum atomic E-state index is -1.10. The first-order valence-electron chi connectivity index (χ1n) is 11.1. The maximum Gasteiger partial charge on any atom is 0.410 e. The van der Waals surface area contributed by atoms with Gasteiger partial charge in [-0.05, 0) is 30.2 Å². The highest BCUT2D eigenvalue weighted by molar-refractivity contribution is 5.98. The Hall–Kier alpha value is -3.79. The molecule has 2 aromatic rings. The van der Waals surface area contributed by atoms with Gasteiger partial charge in [-0.25, -0.2) is 4.79 Å². The van der Waals surface area contributed by atoms with Crippen molar-refractivity contribution in [1.29, 1.82) is 0 Å². The van der Waals surface area contributed by atoms with E-state index in [1.54, 1.807) is 21.9 Å². The van der Waals surface area contributed by atoms with Crippen LogP contribution >= 0.6 is 0 Å². The molecular formula is C24H27N3O7. The molecule has 10 nitrogen and oxygen atoms in total. The SMILES string of the molecule is O=C(N[C@@H](CO)C(=O)N1CCCN(C(=O)OCc2ccccc2)CC1)c1ccc2c(c1)OCO2. The van der Waals surface area contributed by atoms with Crippen LogP contribution in [0.15, 0.2) is 48.5 Å². The second kappa shape index (κ2) is 10.9. The monoisotopic (exact) mass is 469 g/mol. The van der Waals surface area contributed by atoms with Crippen LogP contribution in [-0.4, -0.2) is 78.4 Å². The number of aliphatic hydroxyl groups excluding tert-OH is 1. The summed E-state index contributed by atoms with van der Waals surface area (Å²) in [7, 11) is 0. The molecule has 0 saturated carbocycles. The Morgan fingerprint density at radius 3 is 2.50 bits per heavy atom. The number of benzene rings is 2. The molecule has 0 radical (unpaired) electrons. The zero-order valence-electron chi connectivity index (χ0n) is 18.6. The Morgan fingerprint density at radius 2 is 1.71 bits per heavy atom. The van der Waals surface area contributed by atoms with Gasteiger partial charge in [0.15, 0.2) is 11.5 Å². The van der Waals surface area contributed by atoms with Crippen LogP contribution < -0.4 is 14.8 Å². The molecule has 3 amide bonds. The molecule has 34 heavy (non-hydrogen) atoms. The van der Waals surface area contributed by atoms with Crippen molar-refractivity contribution in [2.45, 2.75) is 19.1 Å². The largest absolute Gasteiger partial charge is 0.454 e. The quantitative estimate of drug-likeness (QED) is 0.656. The number of nitrogens with one attached hydrogen (secondary N) is 1. The van der Waals surface area contributed by atoms with Gasteiger partial charge in [0.2, 0.25) is 12.7 Å². The van der Waals surface area contributed by atoms with Crippen molar-refractivity contribution >= 4 is 17.9 Å². The fourth-order valence-electron chi connectivity index (χ4n) is 3.82. The molecular weight excluding hydrogens is 442 g/mol. The number of aliphatic hydroxyl groups is 1. The topological polar surface area (TPSA) is 118 Å². The number of hydrogen-bond acceptors (Lipinski definition) is 7. The van der Waals surface area contributed by atoms with Gasteiger partial charge < -0.3 is 34.4 Å². The molecule has 2 N–H and O–H groups in total. The second-order valence-electron chi connectivity index (χ2n) is 7.98. The van der Waals surface area contributed by atoms with E-state index in [0.717, 1.165) is 5.56 Å². The van der Waals surface area contributed by atoms with Crippen molar-refractivity contribution < 1.29 is 33.7 Å². The molecule has 0 aliphatic carbocycles. The fourth-order valence-corrected chi connectivity index (χ4v) is 3.82. The summed E-state index contributed by atoms with van der Waals surface area (Å²) >= 11 is 0.